The van der Waals surface area contributed by atoms with Crippen molar-refractivity contribution in [2.24, 2.45) is 0 Å². The maximum Gasteiger partial charge on any atom is 0.248 e. The Balaban J connectivity index is 1.54. The molecule has 1 amide bonds. The summed E-state index contributed by atoms with van der Waals surface area (Å²) in [6.45, 7) is 4.51. The molecule has 0 spiro atoms. The molecule has 0 saturated heterocycles. The fourth-order valence-electron chi connectivity index (χ4n) is 3.07. The molecular formula is C24H22N4O2. The van der Waals surface area contributed by atoms with Crippen molar-refractivity contribution in [3.8, 4) is 11.4 Å². The van der Waals surface area contributed by atoms with E-state index < -0.39 is 0 Å². The van der Waals surface area contributed by atoms with Crippen molar-refractivity contribution in [2.45, 2.75) is 13.8 Å². The van der Waals surface area contributed by atoms with Crippen molar-refractivity contribution in [3.05, 3.63) is 83.9 Å². The number of nitrogens with zero attached hydrogens (tertiary/aromatic N) is 3. The zero-order chi connectivity index (χ0) is 20.9. The van der Waals surface area contributed by atoms with E-state index in [0.29, 0.717) is 17.8 Å². The predicted octanol–water partition coefficient (Wildman–Crippen LogP) is 4.78. The van der Waals surface area contributed by atoms with Crippen molar-refractivity contribution in [1.29, 1.82) is 0 Å². The van der Waals surface area contributed by atoms with Crippen LogP contribution >= 0.6 is 0 Å². The van der Waals surface area contributed by atoms with Crippen LogP contribution in [0.3, 0.4) is 0 Å². The van der Waals surface area contributed by atoms with Crippen LogP contribution in [0.2, 0.25) is 0 Å². The summed E-state index contributed by atoms with van der Waals surface area (Å²) in [5, 5.41) is 12.0. The number of nitrogens with one attached hydrogen (secondary N) is 1. The second kappa shape index (κ2) is 8.61. The number of ether oxygens (including phenoxy) is 1. The minimum atomic E-state index is -0.194. The van der Waals surface area contributed by atoms with E-state index in [1.807, 2.05) is 80.6 Å². The number of benzene rings is 3. The van der Waals surface area contributed by atoms with Gasteiger partial charge in [-0.1, -0.05) is 30.3 Å². The van der Waals surface area contributed by atoms with Gasteiger partial charge in [0.05, 0.1) is 12.3 Å². The minimum Gasteiger partial charge on any atom is -0.494 e. The van der Waals surface area contributed by atoms with Gasteiger partial charge in [0.25, 0.3) is 0 Å². The monoisotopic (exact) mass is 398 g/mol. The highest BCUT2D eigenvalue weighted by Gasteiger charge is 2.10. The van der Waals surface area contributed by atoms with Crippen LogP contribution in [0, 0.1) is 6.92 Å². The van der Waals surface area contributed by atoms with Crippen molar-refractivity contribution in [2.75, 3.05) is 11.9 Å². The Morgan fingerprint density at radius 1 is 1.03 bits per heavy atom. The maximum absolute atomic E-state index is 12.3. The number of rotatable bonds is 6. The van der Waals surface area contributed by atoms with Gasteiger partial charge in [-0.25, -0.2) is 0 Å². The summed E-state index contributed by atoms with van der Waals surface area (Å²) in [6, 6.07) is 21.1. The summed E-state index contributed by atoms with van der Waals surface area (Å²) in [7, 11) is 0. The first kappa shape index (κ1) is 19.4. The van der Waals surface area contributed by atoms with E-state index in [4.69, 9.17) is 4.74 Å². The Kier molecular flexibility index (Phi) is 5.57. The Morgan fingerprint density at radius 3 is 2.43 bits per heavy atom. The fourth-order valence-corrected chi connectivity index (χ4v) is 3.07. The van der Waals surface area contributed by atoms with E-state index in [1.165, 1.54) is 6.08 Å². The first-order chi connectivity index (χ1) is 14.6. The molecule has 1 N–H and O–H groups in total. The van der Waals surface area contributed by atoms with Gasteiger partial charge in [0.2, 0.25) is 5.91 Å². The summed E-state index contributed by atoms with van der Waals surface area (Å²) in [4.78, 5) is 13.9. The molecule has 0 saturated carbocycles. The van der Waals surface area contributed by atoms with Gasteiger partial charge in [0.15, 0.2) is 0 Å². The number of hydrogen-bond donors (Lipinski definition) is 1. The SMILES string of the molecule is CCOc1ccc(-n2nc3cc(C)c(NC(=O)C=Cc4ccccc4)cc3n2)cc1. The third-order valence-corrected chi connectivity index (χ3v) is 4.59. The highest BCUT2D eigenvalue weighted by atomic mass is 16.5. The van der Waals surface area contributed by atoms with Crippen LogP contribution in [0.15, 0.2) is 72.8 Å². The van der Waals surface area contributed by atoms with Crippen molar-refractivity contribution in [3.63, 3.8) is 0 Å². The number of aromatic nitrogens is 3. The standard InChI is InChI=1S/C24H22N4O2/c1-3-30-20-12-10-19(11-13-20)28-26-22-15-17(2)21(16-23(22)27-28)25-24(29)14-9-18-7-5-4-6-8-18/h4-16H,3H2,1-2H3,(H,25,29). The van der Waals surface area contributed by atoms with Crippen LogP contribution in [0.1, 0.15) is 18.1 Å². The van der Waals surface area contributed by atoms with Gasteiger partial charge in [-0.15, -0.1) is 10.2 Å². The second-order valence-electron chi connectivity index (χ2n) is 6.81. The topological polar surface area (TPSA) is 69.0 Å². The molecule has 0 unspecified atom stereocenters. The zero-order valence-electron chi connectivity index (χ0n) is 16.9. The fraction of sp³-hybridized carbons (Fsp3) is 0.125. The van der Waals surface area contributed by atoms with Gasteiger partial charge in [0, 0.05) is 11.8 Å². The number of carbonyl (C=O) groups is 1. The van der Waals surface area contributed by atoms with Gasteiger partial charge in [0.1, 0.15) is 16.8 Å². The summed E-state index contributed by atoms with van der Waals surface area (Å²) >= 11 is 0. The molecule has 3 aromatic carbocycles. The van der Waals surface area contributed by atoms with Crippen LogP contribution in [0.5, 0.6) is 5.75 Å². The molecule has 6 nitrogen and oxygen atoms in total. The van der Waals surface area contributed by atoms with Crippen molar-refractivity contribution in [1.82, 2.24) is 15.0 Å². The van der Waals surface area contributed by atoms with E-state index in [0.717, 1.165) is 28.1 Å². The molecule has 0 atom stereocenters. The number of aryl methyl sites for hydroxylation is 1. The average Bonchev–Trinajstić information content (AvgIpc) is 3.17. The van der Waals surface area contributed by atoms with Gasteiger partial charge in [-0.05, 0) is 67.4 Å². The highest BCUT2D eigenvalue weighted by Crippen LogP contribution is 2.23. The van der Waals surface area contributed by atoms with E-state index in [2.05, 4.69) is 15.5 Å². The number of fused-ring (bicyclic) bond motifs is 1. The first-order valence-electron chi connectivity index (χ1n) is 9.77. The molecule has 1 heterocycles. The Bertz CT molecular complexity index is 1200. The Hall–Kier alpha value is -3.93. The second-order valence-corrected chi connectivity index (χ2v) is 6.81. The molecule has 6 heteroatoms. The largest absolute Gasteiger partial charge is 0.494 e. The van der Waals surface area contributed by atoms with E-state index in [1.54, 1.807) is 10.9 Å². The van der Waals surface area contributed by atoms with E-state index >= 15 is 0 Å². The van der Waals surface area contributed by atoms with Gasteiger partial charge in [-0.2, -0.15) is 4.80 Å². The summed E-state index contributed by atoms with van der Waals surface area (Å²) in [6.07, 6.45) is 3.31. The number of anilines is 1. The highest BCUT2D eigenvalue weighted by molar-refractivity contribution is 6.03. The first-order valence-corrected chi connectivity index (χ1v) is 9.77. The molecule has 4 rings (SSSR count). The molecule has 1 aromatic heterocycles. The molecule has 0 bridgehead atoms. The van der Waals surface area contributed by atoms with Gasteiger partial charge < -0.3 is 10.1 Å². The molecule has 30 heavy (non-hydrogen) atoms. The number of amides is 1. The summed E-state index contributed by atoms with van der Waals surface area (Å²) in [5.41, 5.74) is 4.91. The van der Waals surface area contributed by atoms with Gasteiger partial charge >= 0.3 is 0 Å². The average molecular weight is 398 g/mol. The van der Waals surface area contributed by atoms with Crippen LogP contribution in [0.4, 0.5) is 5.69 Å². The van der Waals surface area contributed by atoms with Crippen molar-refractivity contribution >= 4 is 28.7 Å². The summed E-state index contributed by atoms with van der Waals surface area (Å²) < 4.78 is 5.48. The molecule has 150 valence electrons. The molecule has 0 radical (unpaired) electrons. The molecular weight excluding hydrogens is 376 g/mol. The minimum absolute atomic E-state index is 0.194. The van der Waals surface area contributed by atoms with E-state index in [-0.39, 0.29) is 5.91 Å². The maximum atomic E-state index is 12.3. The van der Waals surface area contributed by atoms with Gasteiger partial charge in [-0.3, -0.25) is 4.79 Å². The van der Waals surface area contributed by atoms with Crippen molar-refractivity contribution < 1.29 is 9.53 Å². The molecule has 0 aliphatic carbocycles. The van der Waals surface area contributed by atoms with Crippen LogP contribution < -0.4 is 10.1 Å². The Labute approximate surface area is 174 Å². The van der Waals surface area contributed by atoms with E-state index in [9.17, 15) is 4.79 Å². The lowest BCUT2D eigenvalue weighted by Crippen LogP contribution is -2.08. The summed E-state index contributed by atoms with van der Waals surface area (Å²) in [5.74, 6) is 0.613. The zero-order valence-corrected chi connectivity index (χ0v) is 16.9. The molecule has 0 fully saturated rings. The third-order valence-electron chi connectivity index (χ3n) is 4.59. The predicted molar refractivity (Wildman–Crippen MR) is 119 cm³/mol. The lowest BCUT2D eigenvalue weighted by Gasteiger charge is -2.05. The lowest BCUT2D eigenvalue weighted by atomic mass is 10.1. The number of carbonyl (C=O) groups excluding carboxylic acids is 1. The molecule has 0 aliphatic heterocycles. The van der Waals surface area contributed by atoms with Crippen LogP contribution in [0.25, 0.3) is 22.8 Å². The molecule has 0 aliphatic rings. The Morgan fingerprint density at radius 2 is 1.73 bits per heavy atom. The molecule has 4 aromatic rings. The van der Waals surface area contributed by atoms with Crippen LogP contribution in [-0.4, -0.2) is 27.5 Å². The smallest absolute Gasteiger partial charge is 0.248 e. The van der Waals surface area contributed by atoms with Crippen LogP contribution in [-0.2, 0) is 4.79 Å². The third kappa shape index (κ3) is 4.38. The lowest BCUT2D eigenvalue weighted by molar-refractivity contribution is -0.111. The quantitative estimate of drug-likeness (QED) is 0.475. The number of hydrogen-bond acceptors (Lipinski definition) is 4. The normalized spacial score (nSPS) is 11.1.